The number of fused-ring (bicyclic) bond motifs is 3. The molecule has 3 heteroatoms. The molecule has 20 heavy (non-hydrogen) atoms. The van der Waals surface area contributed by atoms with Gasteiger partial charge in [-0.2, -0.15) is 0 Å². The molecule has 1 aromatic rings. The van der Waals surface area contributed by atoms with Crippen molar-refractivity contribution in [3.63, 3.8) is 0 Å². The Hall–Kier alpha value is -1.06. The van der Waals surface area contributed by atoms with Crippen LogP contribution in [0.2, 0.25) is 0 Å². The smallest absolute Gasteiger partial charge is 0.119 e. The highest BCUT2D eigenvalue weighted by Crippen LogP contribution is 2.40. The summed E-state index contributed by atoms with van der Waals surface area (Å²) in [7, 11) is 0. The van der Waals surface area contributed by atoms with E-state index in [9.17, 15) is 0 Å². The lowest BCUT2D eigenvalue weighted by Gasteiger charge is -2.47. The van der Waals surface area contributed by atoms with Gasteiger partial charge in [-0.3, -0.25) is 0 Å². The largest absolute Gasteiger partial charge is 0.494 e. The van der Waals surface area contributed by atoms with E-state index in [4.69, 9.17) is 10.5 Å². The van der Waals surface area contributed by atoms with E-state index >= 15 is 0 Å². The minimum atomic E-state index is 0.475. The Balaban J connectivity index is 1.80. The summed E-state index contributed by atoms with van der Waals surface area (Å²) in [6, 6.07) is 8.55. The third-order valence-corrected chi connectivity index (χ3v) is 5.07. The SMILES string of the molecule is CCOc1cccc(C(CN)C2CN3CCC2CC3)c1. The summed E-state index contributed by atoms with van der Waals surface area (Å²) in [6.07, 6.45) is 2.71. The maximum atomic E-state index is 6.13. The number of hydrogen-bond acceptors (Lipinski definition) is 3. The summed E-state index contributed by atoms with van der Waals surface area (Å²) in [6.45, 7) is 7.29. The predicted octanol–water partition coefficient (Wildman–Crippen LogP) is 2.47. The van der Waals surface area contributed by atoms with Gasteiger partial charge in [0.05, 0.1) is 6.61 Å². The van der Waals surface area contributed by atoms with E-state index in [1.165, 1.54) is 38.0 Å². The van der Waals surface area contributed by atoms with Crippen LogP contribution in [0, 0.1) is 11.8 Å². The van der Waals surface area contributed by atoms with Crippen LogP contribution in [0.25, 0.3) is 0 Å². The molecule has 0 radical (unpaired) electrons. The van der Waals surface area contributed by atoms with Crippen LogP contribution >= 0.6 is 0 Å². The van der Waals surface area contributed by atoms with Crippen LogP contribution in [-0.2, 0) is 0 Å². The Morgan fingerprint density at radius 3 is 2.75 bits per heavy atom. The number of piperidine rings is 3. The molecule has 3 aliphatic rings. The molecule has 3 saturated heterocycles. The zero-order valence-electron chi connectivity index (χ0n) is 12.4. The maximum absolute atomic E-state index is 6.13. The number of nitrogens with two attached hydrogens (primary N) is 1. The summed E-state index contributed by atoms with van der Waals surface area (Å²) in [5.74, 6) is 3.04. The zero-order valence-corrected chi connectivity index (χ0v) is 12.4. The van der Waals surface area contributed by atoms with Gasteiger partial charge in [-0.15, -0.1) is 0 Å². The van der Waals surface area contributed by atoms with Crippen molar-refractivity contribution in [2.45, 2.75) is 25.7 Å². The van der Waals surface area contributed by atoms with Crippen LogP contribution in [0.1, 0.15) is 31.2 Å². The molecular weight excluding hydrogens is 248 g/mol. The van der Waals surface area contributed by atoms with Gasteiger partial charge in [-0.05, 0) is 68.9 Å². The molecule has 2 unspecified atom stereocenters. The third-order valence-electron chi connectivity index (χ3n) is 5.07. The first-order valence-electron chi connectivity index (χ1n) is 7.97. The lowest BCUT2D eigenvalue weighted by atomic mass is 9.70. The molecule has 2 N–H and O–H groups in total. The van der Waals surface area contributed by atoms with Crippen molar-refractivity contribution >= 4 is 0 Å². The van der Waals surface area contributed by atoms with Crippen molar-refractivity contribution in [2.24, 2.45) is 17.6 Å². The summed E-state index contributed by atoms with van der Waals surface area (Å²) >= 11 is 0. The second-order valence-electron chi connectivity index (χ2n) is 6.15. The summed E-state index contributed by atoms with van der Waals surface area (Å²) in [5.41, 5.74) is 7.49. The molecule has 3 heterocycles. The van der Waals surface area contributed by atoms with Crippen LogP contribution in [0.3, 0.4) is 0 Å². The second kappa shape index (κ2) is 6.15. The Bertz CT molecular complexity index is 440. The van der Waals surface area contributed by atoms with Gasteiger partial charge >= 0.3 is 0 Å². The van der Waals surface area contributed by atoms with Crippen LogP contribution in [0.4, 0.5) is 0 Å². The van der Waals surface area contributed by atoms with Gasteiger partial charge in [-0.25, -0.2) is 0 Å². The van der Waals surface area contributed by atoms with E-state index in [2.05, 4.69) is 23.1 Å². The number of benzene rings is 1. The number of hydrogen-bond donors (Lipinski definition) is 1. The highest BCUT2D eigenvalue weighted by molar-refractivity contribution is 5.32. The highest BCUT2D eigenvalue weighted by Gasteiger charge is 2.38. The lowest BCUT2D eigenvalue weighted by Crippen LogP contribution is -2.50. The third kappa shape index (κ3) is 2.70. The van der Waals surface area contributed by atoms with Crippen LogP contribution in [0.15, 0.2) is 24.3 Å². The van der Waals surface area contributed by atoms with Crippen LogP contribution < -0.4 is 10.5 Å². The van der Waals surface area contributed by atoms with Gasteiger partial charge in [-0.1, -0.05) is 12.1 Å². The van der Waals surface area contributed by atoms with Gasteiger partial charge in [0, 0.05) is 12.5 Å². The molecule has 0 saturated carbocycles. The Labute approximate surface area is 122 Å². The van der Waals surface area contributed by atoms with Gasteiger partial charge in [0.15, 0.2) is 0 Å². The number of nitrogens with zero attached hydrogens (tertiary/aromatic N) is 1. The van der Waals surface area contributed by atoms with Crippen molar-refractivity contribution in [1.82, 2.24) is 4.90 Å². The first-order chi connectivity index (χ1) is 9.81. The van der Waals surface area contributed by atoms with Gasteiger partial charge < -0.3 is 15.4 Å². The van der Waals surface area contributed by atoms with E-state index in [1.807, 2.05) is 13.0 Å². The van der Waals surface area contributed by atoms with E-state index in [0.717, 1.165) is 30.7 Å². The molecule has 0 aromatic heterocycles. The fourth-order valence-corrected chi connectivity index (χ4v) is 4.03. The number of ether oxygens (including phenoxy) is 1. The molecule has 3 aliphatic heterocycles. The quantitative estimate of drug-likeness (QED) is 0.896. The molecule has 3 fully saturated rings. The molecule has 3 nitrogen and oxygen atoms in total. The van der Waals surface area contributed by atoms with Gasteiger partial charge in [0.2, 0.25) is 0 Å². The van der Waals surface area contributed by atoms with Crippen LogP contribution in [0.5, 0.6) is 5.75 Å². The average molecular weight is 274 g/mol. The van der Waals surface area contributed by atoms with Crippen molar-refractivity contribution in [3.05, 3.63) is 29.8 Å². The summed E-state index contributed by atoms with van der Waals surface area (Å²) in [5, 5.41) is 0. The van der Waals surface area contributed by atoms with E-state index < -0.39 is 0 Å². The first-order valence-corrected chi connectivity index (χ1v) is 7.97. The van der Waals surface area contributed by atoms with Crippen LogP contribution in [-0.4, -0.2) is 37.7 Å². The minimum Gasteiger partial charge on any atom is -0.494 e. The molecule has 2 atom stereocenters. The maximum Gasteiger partial charge on any atom is 0.119 e. The van der Waals surface area contributed by atoms with Crippen molar-refractivity contribution < 1.29 is 4.74 Å². The molecule has 0 spiro atoms. The van der Waals surface area contributed by atoms with Crippen molar-refractivity contribution in [1.29, 1.82) is 0 Å². The molecule has 2 bridgehead atoms. The molecule has 110 valence electrons. The first kappa shape index (κ1) is 13.9. The zero-order chi connectivity index (χ0) is 13.9. The fraction of sp³-hybridized carbons (Fsp3) is 0.647. The highest BCUT2D eigenvalue weighted by atomic mass is 16.5. The van der Waals surface area contributed by atoms with Crippen molar-refractivity contribution in [2.75, 3.05) is 32.8 Å². The molecular formula is C17H26N2O. The topological polar surface area (TPSA) is 38.5 Å². The minimum absolute atomic E-state index is 0.475. The second-order valence-corrected chi connectivity index (χ2v) is 6.15. The monoisotopic (exact) mass is 274 g/mol. The van der Waals surface area contributed by atoms with Gasteiger partial charge in [0.25, 0.3) is 0 Å². The van der Waals surface area contributed by atoms with Crippen molar-refractivity contribution in [3.8, 4) is 5.75 Å². The van der Waals surface area contributed by atoms with E-state index in [1.54, 1.807) is 0 Å². The summed E-state index contributed by atoms with van der Waals surface area (Å²) < 4.78 is 5.64. The molecule has 1 aromatic carbocycles. The molecule has 0 amide bonds. The van der Waals surface area contributed by atoms with Gasteiger partial charge in [0.1, 0.15) is 5.75 Å². The lowest BCUT2D eigenvalue weighted by molar-refractivity contribution is 0.0378. The molecule has 0 aliphatic carbocycles. The Kier molecular flexibility index (Phi) is 4.27. The number of rotatable bonds is 5. The Morgan fingerprint density at radius 1 is 1.35 bits per heavy atom. The predicted molar refractivity (Wildman–Crippen MR) is 82.1 cm³/mol. The van der Waals surface area contributed by atoms with E-state index in [0.29, 0.717) is 5.92 Å². The molecule has 4 rings (SSSR count). The fourth-order valence-electron chi connectivity index (χ4n) is 4.03. The summed E-state index contributed by atoms with van der Waals surface area (Å²) in [4.78, 5) is 2.61. The standard InChI is InChI=1S/C17H26N2O/c1-2-20-15-5-3-4-14(10-15)16(11-18)17-12-19-8-6-13(17)7-9-19/h3-5,10,13,16-17H,2,6-9,11-12,18H2,1H3. The average Bonchev–Trinajstić information content (AvgIpc) is 2.50. The normalized spacial score (nSPS) is 30.2. The van der Waals surface area contributed by atoms with E-state index in [-0.39, 0.29) is 0 Å². The Morgan fingerprint density at radius 2 is 2.15 bits per heavy atom.